The second-order valence-corrected chi connectivity index (χ2v) is 7.19. The lowest BCUT2D eigenvalue weighted by atomic mass is 9.98. The predicted octanol–water partition coefficient (Wildman–Crippen LogP) is 5.13. The Balaban J connectivity index is 1.34. The fraction of sp³-hybridized carbons (Fsp3) is 0.160. The van der Waals surface area contributed by atoms with Gasteiger partial charge >= 0.3 is 6.09 Å². The van der Waals surface area contributed by atoms with Crippen LogP contribution in [0.1, 0.15) is 28.2 Å². The Labute approximate surface area is 171 Å². The van der Waals surface area contributed by atoms with Crippen molar-refractivity contribution in [2.75, 3.05) is 18.9 Å². The molecule has 0 heterocycles. The molecule has 0 aliphatic heterocycles. The fourth-order valence-corrected chi connectivity index (χ4v) is 3.83. The zero-order valence-electron chi connectivity index (χ0n) is 16.4. The number of aryl methyl sites for hydroxylation is 1. The molecule has 0 radical (unpaired) electrons. The molecule has 0 unspecified atom stereocenters. The quantitative estimate of drug-likeness (QED) is 0.600. The summed E-state index contributed by atoms with van der Waals surface area (Å²) >= 11 is 0. The van der Waals surface area contributed by atoms with Gasteiger partial charge in [-0.1, -0.05) is 78.9 Å². The number of para-hydroxylation sites is 1. The molecule has 1 aliphatic rings. The lowest BCUT2D eigenvalue weighted by Crippen LogP contribution is -2.26. The number of nitrogens with one attached hydrogen (secondary N) is 1. The van der Waals surface area contributed by atoms with Crippen LogP contribution in [-0.4, -0.2) is 19.2 Å². The topological polar surface area (TPSA) is 64.3 Å². The van der Waals surface area contributed by atoms with Crippen molar-refractivity contribution in [1.82, 2.24) is 5.32 Å². The van der Waals surface area contributed by atoms with Gasteiger partial charge in [0.2, 0.25) is 0 Å². The Kier molecular flexibility index (Phi) is 5.34. The SMILES string of the molecule is Cc1cccc(C=CCNC(=O)OCC2c3ccccc3-c3ccccc32)c1N. The monoisotopic (exact) mass is 384 g/mol. The van der Waals surface area contributed by atoms with E-state index in [4.69, 9.17) is 10.5 Å². The van der Waals surface area contributed by atoms with Gasteiger partial charge in [-0.05, 0) is 40.3 Å². The van der Waals surface area contributed by atoms with E-state index in [0.29, 0.717) is 13.2 Å². The van der Waals surface area contributed by atoms with Gasteiger partial charge in [-0.3, -0.25) is 0 Å². The first-order valence-electron chi connectivity index (χ1n) is 9.75. The number of nitrogens with two attached hydrogens (primary N) is 1. The summed E-state index contributed by atoms with van der Waals surface area (Å²) in [7, 11) is 0. The van der Waals surface area contributed by atoms with Crippen LogP contribution in [0.15, 0.2) is 72.8 Å². The average molecular weight is 384 g/mol. The highest BCUT2D eigenvalue weighted by Crippen LogP contribution is 2.44. The van der Waals surface area contributed by atoms with Crippen molar-refractivity contribution in [3.05, 3.63) is 95.1 Å². The van der Waals surface area contributed by atoms with E-state index >= 15 is 0 Å². The Morgan fingerprint density at radius 1 is 1.00 bits per heavy atom. The van der Waals surface area contributed by atoms with E-state index in [1.54, 1.807) is 0 Å². The standard InChI is InChI=1S/C25H24N2O2/c1-17-8-6-9-18(24(17)26)10-7-15-27-25(28)29-16-23-21-13-4-2-11-19(21)20-12-3-5-14-22(20)23/h2-14,23H,15-16,26H2,1H3,(H,27,28). The van der Waals surface area contributed by atoms with E-state index in [1.807, 2.05) is 61.5 Å². The number of carbonyl (C=O) groups excluding carboxylic acids is 1. The molecule has 4 rings (SSSR count). The molecule has 146 valence electrons. The molecular weight excluding hydrogens is 360 g/mol. The molecule has 29 heavy (non-hydrogen) atoms. The minimum atomic E-state index is -0.422. The van der Waals surface area contributed by atoms with Gasteiger partial charge in [0.05, 0.1) is 0 Å². The zero-order chi connectivity index (χ0) is 20.2. The van der Waals surface area contributed by atoms with E-state index in [-0.39, 0.29) is 5.92 Å². The number of nitrogen functional groups attached to an aromatic ring is 1. The number of anilines is 1. The minimum Gasteiger partial charge on any atom is -0.449 e. The second kappa shape index (κ2) is 8.23. The summed E-state index contributed by atoms with van der Waals surface area (Å²) in [4.78, 5) is 12.2. The van der Waals surface area contributed by atoms with Crippen LogP contribution < -0.4 is 11.1 Å². The van der Waals surface area contributed by atoms with E-state index in [2.05, 4.69) is 29.6 Å². The summed E-state index contributed by atoms with van der Waals surface area (Å²) < 4.78 is 5.53. The molecule has 0 spiro atoms. The Morgan fingerprint density at radius 3 is 2.34 bits per heavy atom. The van der Waals surface area contributed by atoms with Gasteiger partial charge in [-0.25, -0.2) is 4.79 Å². The van der Waals surface area contributed by atoms with Crippen LogP contribution in [0.3, 0.4) is 0 Å². The van der Waals surface area contributed by atoms with E-state index in [1.165, 1.54) is 22.3 Å². The van der Waals surface area contributed by atoms with Gasteiger partial charge < -0.3 is 15.8 Å². The second-order valence-electron chi connectivity index (χ2n) is 7.19. The molecule has 1 aliphatic carbocycles. The molecule has 1 amide bonds. The molecule has 0 fully saturated rings. The number of amides is 1. The van der Waals surface area contributed by atoms with Crippen molar-refractivity contribution in [2.45, 2.75) is 12.8 Å². The van der Waals surface area contributed by atoms with Crippen LogP contribution in [0.25, 0.3) is 17.2 Å². The smallest absolute Gasteiger partial charge is 0.407 e. The zero-order valence-corrected chi connectivity index (χ0v) is 16.4. The summed E-state index contributed by atoms with van der Waals surface area (Å²) in [6.07, 6.45) is 3.35. The molecule has 0 atom stereocenters. The number of alkyl carbamates (subject to hydrolysis) is 1. The van der Waals surface area contributed by atoms with Crippen molar-refractivity contribution in [1.29, 1.82) is 0 Å². The van der Waals surface area contributed by atoms with Crippen LogP contribution in [0.2, 0.25) is 0 Å². The molecule has 3 N–H and O–H groups in total. The Morgan fingerprint density at radius 2 is 1.66 bits per heavy atom. The van der Waals surface area contributed by atoms with Gasteiger partial charge in [-0.2, -0.15) is 0 Å². The molecule has 0 bridgehead atoms. The molecule has 0 saturated carbocycles. The van der Waals surface area contributed by atoms with Crippen molar-refractivity contribution >= 4 is 17.9 Å². The highest BCUT2D eigenvalue weighted by molar-refractivity contribution is 5.79. The Bertz CT molecular complexity index is 1030. The first-order chi connectivity index (χ1) is 14.1. The number of benzene rings is 3. The molecule has 0 aromatic heterocycles. The van der Waals surface area contributed by atoms with Crippen molar-refractivity contribution in [2.24, 2.45) is 0 Å². The summed E-state index contributed by atoms with van der Waals surface area (Å²) in [5, 5.41) is 2.77. The van der Waals surface area contributed by atoms with Gasteiger partial charge in [0.15, 0.2) is 0 Å². The third-order valence-electron chi connectivity index (χ3n) is 5.36. The van der Waals surface area contributed by atoms with Crippen LogP contribution in [-0.2, 0) is 4.74 Å². The Hall–Kier alpha value is -3.53. The number of ether oxygens (including phenoxy) is 1. The van der Waals surface area contributed by atoms with Crippen LogP contribution in [0.4, 0.5) is 10.5 Å². The lowest BCUT2D eigenvalue weighted by molar-refractivity contribution is 0.144. The van der Waals surface area contributed by atoms with Crippen LogP contribution in [0, 0.1) is 6.92 Å². The lowest BCUT2D eigenvalue weighted by Gasteiger charge is -2.14. The highest BCUT2D eigenvalue weighted by atomic mass is 16.5. The summed E-state index contributed by atoms with van der Waals surface area (Å²) in [5.41, 5.74) is 13.6. The van der Waals surface area contributed by atoms with Crippen LogP contribution in [0.5, 0.6) is 0 Å². The maximum absolute atomic E-state index is 12.2. The number of hydrogen-bond acceptors (Lipinski definition) is 3. The molecule has 4 nitrogen and oxygen atoms in total. The fourth-order valence-electron chi connectivity index (χ4n) is 3.83. The van der Waals surface area contributed by atoms with Crippen molar-refractivity contribution in [3.63, 3.8) is 0 Å². The van der Waals surface area contributed by atoms with Crippen molar-refractivity contribution in [3.8, 4) is 11.1 Å². The van der Waals surface area contributed by atoms with Gasteiger partial charge in [0, 0.05) is 18.2 Å². The summed E-state index contributed by atoms with van der Waals surface area (Å²) in [6, 6.07) is 22.5. The van der Waals surface area contributed by atoms with Crippen molar-refractivity contribution < 1.29 is 9.53 Å². The predicted molar refractivity (Wildman–Crippen MR) is 118 cm³/mol. The molecule has 0 saturated heterocycles. The third kappa shape index (κ3) is 3.87. The summed E-state index contributed by atoms with van der Waals surface area (Å²) in [5.74, 6) is 0.0655. The average Bonchev–Trinajstić information content (AvgIpc) is 3.06. The largest absolute Gasteiger partial charge is 0.449 e. The highest BCUT2D eigenvalue weighted by Gasteiger charge is 2.28. The van der Waals surface area contributed by atoms with Crippen LogP contribution >= 0.6 is 0 Å². The van der Waals surface area contributed by atoms with E-state index in [9.17, 15) is 4.79 Å². The maximum atomic E-state index is 12.2. The minimum absolute atomic E-state index is 0.0655. The maximum Gasteiger partial charge on any atom is 0.407 e. The number of carbonyl (C=O) groups is 1. The first-order valence-corrected chi connectivity index (χ1v) is 9.75. The third-order valence-corrected chi connectivity index (χ3v) is 5.36. The normalized spacial score (nSPS) is 12.6. The molecule has 4 heteroatoms. The van der Waals surface area contributed by atoms with Gasteiger partial charge in [0.25, 0.3) is 0 Å². The summed E-state index contributed by atoms with van der Waals surface area (Å²) in [6.45, 7) is 2.67. The molecular formula is C25H24N2O2. The van der Waals surface area contributed by atoms with Gasteiger partial charge in [0.1, 0.15) is 6.61 Å². The molecule has 3 aromatic rings. The number of rotatable bonds is 5. The number of hydrogen-bond donors (Lipinski definition) is 2. The van der Waals surface area contributed by atoms with Gasteiger partial charge in [-0.15, -0.1) is 0 Å². The number of fused-ring (bicyclic) bond motifs is 3. The first kappa shape index (κ1) is 18.8. The van der Waals surface area contributed by atoms with E-state index in [0.717, 1.165) is 16.8 Å². The molecule has 3 aromatic carbocycles. The van der Waals surface area contributed by atoms with E-state index < -0.39 is 6.09 Å².